The van der Waals surface area contributed by atoms with Crippen LogP contribution in [0.15, 0.2) is 36.4 Å². The number of amides is 4. The molecule has 2 aromatic carbocycles. The lowest BCUT2D eigenvalue weighted by atomic mass is 10.1. The van der Waals surface area contributed by atoms with Crippen LogP contribution in [0.25, 0.3) is 10.8 Å². The van der Waals surface area contributed by atoms with Gasteiger partial charge in [0.15, 0.2) is 6.67 Å². The molecular weight excluding hydrogens is 322 g/mol. The van der Waals surface area contributed by atoms with Gasteiger partial charge in [0.2, 0.25) is 0 Å². The first-order valence-corrected chi connectivity index (χ1v) is 7.92. The number of likely N-dealkylation sites (N-methyl/N-ethyl adjacent to an activating group) is 1. The third-order valence-electron chi connectivity index (χ3n) is 4.30. The molecule has 4 amide bonds. The second-order valence-electron chi connectivity index (χ2n) is 6.22. The fourth-order valence-electron chi connectivity index (χ4n) is 2.94. The fraction of sp³-hybridized carbons (Fsp3) is 0.278. The van der Waals surface area contributed by atoms with Crippen molar-refractivity contribution in [2.45, 2.75) is 6.54 Å². The van der Waals surface area contributed by atoms with E-state index in [1.807, 2.05) is 37.4 Å². The van der Waals surface area contributed by atoms with Gasteiger partial charge in [-0.15, -0.1) is 0 Å². The minimum atomic E-state index is -0.780. The first kappa shape index (κ1) is 16.9. The smallest absolute Gasteiger partial charge is 0.338 e. The van der Waals surface area contributed by atoms with Crippen molar-refractivity contribution < 1.29 is 24.0 Å². The molecule has 0 aromatic heterocycles. The Morgan fingerprint density at radius 3 is 2.32 bits per heavy atom. The molecule has 1 fully saturated rings. The predicted molar refractivity (Wildman–Crippen MR) is 91.0 cm³/mol. The molecule has 0 saturated carbocycles. The van der Waals surface area contributed by atoms with Crippen molar-refractivity contribution in [2.75, 3.05) is 27.9 Å². The Labute approximate surface area is 145 Å². The molecule has 1 aliphatic heterocycles. The number of nitrogens with one attached hydrogen (secondary N) is 1. The number of carbonyl (C=O) groups excluding carboxylic acids is 3. The fourth-order valence-corrected chi connectivity index (χ4v) is 2.94. The van der Waals surface area contributed by atoms with Gasteiger partial charge < -0.3 is 9.64 Å². The summed E-state index contributed by atoms with van der Waals surface area (Å²) in [6.45, 7) is 0.769. The van der Waals surface area contributed by atoms with E-state index in [0.717, 1.165) is 36.8 Å². The molecule has 7 nitrogen and oxygen atoms in total. The van der Waals surface area contributed by atoms with E-state index in [2.05, 4.69) is 6.07 Å². The van der Waals surface area contributed by atoms with Crippen LogP contribution in [0.4, 0.5) is 4.79 Å². The first-order chi connectivity index (χ1) is 11.9. The van der Waals surface area contributed by atoms with E-state index in [-0.39, 0.29) is 6.67 Å². The molecule has 7 heteroatoms. The van der Waals surface area contributed by atoms with Crippen LogP contribution in [0.3, 0.4) is 0 Å². The Kier molecular flexibility index (Phi) is 4.41. The number of hydrogen-bond acceptors (Lipinski definition) is 4. The summed E-state index contributed by atoms with van der Waals surface area (Å²) in [6, 6.07) is 11.4. The van der Waals surface area contributed by atoms with E-state index < -0.39 is 17.8 Å². The van der Waals surface area contributed by atoms with Crippen molar-refractivity contribution in [3.05, 3.63) is 42.0 Å². The van der Waals surface area contributed by atoms with Gasteiger partial charge in [0.05, 0.1) is 14.2 Å². The van der Waals surface area contributed by atoms with Gasteiger partial charge in [-0.3, -0.25) is 14.5 Å². The van der Waals surface area contributed by atoms with E-state index in [1.54, 1.807) is 7.11 Å². The summed E-state index contributed by atoms with van der Waals surface area (Å²) in [5, 5.41) is 2.17. The number of hydrogen-bond donors (Lipinski definition) is 1. The summed E-state index contributed by atoms with van der Waals surface area (Å²) in [6.07, 6.45) is 0. The number of nitrogens with zero attached hydrogens (tertiary/aromatic N) is 2. The second kappa shape index (κ2) is 6.52. The van der Waals surface area contributed by atoms with Crippen molar-refractivity contribution in [3.63, 3.8) is 0 Å². The number of ether oxygens (including phenoxy) is 1. The van der Waals surface area contributed by atoms with Crippen molar-refractivity contribution in [1.29, 1.82) is 0 Å². The maximum absolute atomic E-state index is 11.9. The third kappa shape index (κ3) is 3.18. The predicted octanol–water partition coefficient (Wildman–Crippen LogP) is 0.241. The van der Waals surface area contributed by atoms with E-state index >= 15 is 0 Å². The van der Waals surface area contributed by atoms with Gasteiger partial charge in [0.1, 0.15) is 12.3 Å². The van der Waals surface area contributed by atoms with Crippen LogP contribution < -0.4 is 9.64 Å². The lowest BCUT2D eigenvalue weighted by Gasteiger charge is -2.19. The van der Waals surface area contributed by atoms with E-state index in [4.69, 9.17) is 4.74 Å². The minimum Gasteiger partial charge on any atom is -0.497 e. The average molecular weight is 342 g/mol. The number of quaternary nitrogens is 1. The summed E-state index contributed by atoms with van der Waals surface area (Å²) < 4.78 is 5.22. The number of carbonyl (C=O) groups is 3. The molecule has 2 aromatic rings. The van der Waals surface area contributed by atoms with Gasteiger partial charge in [0, 0.05) is 12.6 Å². The number of rotatable bonds is 5. The summed E-state index contributed by atoms with van der Waals surface area (Å²) >= 11 is 0. The third-order valence-corrected chi connectivity index (χ3v) is 4.30. The van der Waals surface area contributed by atoms with Crippen molar-refractivity contribution >= 4 is 28.6 Å². The highest BCUT2D eigenvalue weighted by atomic mass is 16.5. The number of fused-ring (bicyclic) bond motifs is 1. The normalized spacial score (nSPS) is 16.0. The van der Waals surface area contributed by atoms with Crippen LogP contribution in [-0.4, -0.2) is 55.5 Å². The number of benzene rings is 2. The van der Waals surface area contributed by atoms with Gasteiger partial charge in [0.25, 0.3) is 0 Å². The molecule has 130 valence electrons. The van der Waals surface area contributed by atoms with Crippen molar-refractivity contribution in [3.8, 4) is 5.75 Å². The van der Waals surface area contributed by atoms with E-state index in [0.29, 0.717) is 6.54 Å². The maximum atomic E-state index is 11.9. The highest BCUT2D eigenvalue weighted by molar-refractivity contribution is 6.44. The highest BCUT2D eigenvalue weighted by Gasteiger charge is 2.43. The largest absolute Gasteiger partial charge is 0.497 e. The summed E-state index contributed by atoms with van der Waals surface area (Å²) in [5.74, 6) is -0.738. The first-order valence-electron chi connectivity index (χ1n) is 7.92. The summed E-state index contributed by atoms with van der Waals surface area (Å²) in [5.41, 5.74) is 1.08. The maximum Gasteiger partial charge on any atom is 0.338 e. The van der Waals surface area contributed by atoms with E-state index in [1.165, 1.54) is 7.05 Å². The highest BCUT2D eigenvalue weighted by Crippen LogP contribution is 2.21. The van der Waals surface area contributed by atoms with Crippen LogP contribution in [-0.2, 0) is 16.1 Å². The molecule has 1 aliphatic rings. The molecule has 1 heterocycles. The molecular formula is C18H20N3O4+. The van der Waals surface area contributed by atoms with Crippen LogP contribution in [0.5, 0.6) is 5.75 Å². The van der Waals surface area contributed by atoms with Gasteiger partial charge in [-0.25, -0.2) is 9.69 Å². The minimum absolute atomic E-state index is 0.147. The molecule has 1 unspecified atom stereocenters. The SMILES string of the molecule is COc1ccc2cc(C[NH+](C)CN3C(=O)C(=O)N(C)C3=O)ccc2c1. The Morgan fingerprint density at radius 2 is 1.68 bits per heavy atom. The average Bonchev–Trinajstić information content (AvgIpc) is 2.79. The number of imide groups is 2. The Morgan fingerprint density at radius 1 is 1.00 bits per heavy atom. The lowest BCUT2D eigenvalue weighted by molar-refractivity contribution is -0.901. The van der Waals surface area contributed by atoms with Gasteiger partial charge in [-0.05, 0) is 29.0 Å². The Bertz CT molecular complexity index is 865. The molecule has 1 N–H and O–H groups in total. The van der Waals surface area contributed by atoms with Crippen LogP contribution in [0.2, 0.25) is 0 Å². The zero-order valence-corrected chi connectivity index (χ0v) is 14.4. The molecule has 0 bridgehead atoms. The van der Waals surface area contributed by atoms with Crippen LogP contribution >= 0.6 is 0 Å². The van der Waals surface area contributed by atoms with Crippen LogP contribution in [0.1, 0.15) is 5.56 Å². The number of urea groups is 1. The molecule has 3 rings (SSSR count). The number of methoxy groups -OCH3 is 1. The lowest BCUT2D eigenvalue weighted by Crippen LogP contribution is -3.09. The molecule has 0 aliphatic carbocycles. The standard InChI is InChI=1S/C18H19N3O4/c1-19(11-21-17(23)16(22)20(2)18(21)24)10-12-4-5-14-9-15(25-3)7-6-13(14)8-12/h4-9H,10-11H2,1-3H3/p+1. The van der Waals surface area contributed by atoms with Crippen LogP contribution in [0, 0.1) is 0 Å². The van der Waals surface area contributed by atoms with E-state index in [9.17, 15) is 14.4 Å². The second-order valence-corrected chi connectivity index (χ2v) is 6.22. The molecule has 0 radical (unpaired) electrons. The Balaban J connectivity index is 1.71. The monoisotopic (exact) mass is 342 g/mol. The molecule has 1 atom stereocenters. The van der Waals surface area contributed by atoms with Crippen molar-refractivity contribution in [1.82, 2.24) is 9.80 Å². The van der Waals surface area contributed by atoms with Crippen molar-refractivity contribution in [2.24, 2.45) is 0 Å². The summed E-state index contributed by atoms with van der Waals surface area (Å²) in [7, 11) is 4.83. The summed E-state index contributed by atoms with van der Waals surface area (Å²) in [4.78, 5) is 38.1. The molecule has 0 spiro atoms. The van der Waals surface area contributed by atoms with Gasteiger partial charge in [-0.2, -0.15) is 0 Å². The Hall–Kier alpha value is -2.93. The zero-order chi connectivity index (χ0) is 18.1. The zero-order valence-electron chi connectivity index (χ0n) is 14.4. The quantitative estimate of drug-likeness (QED) is 0.624. The topological polar surface area (TPSA) is 71.4 Å². The molecule has 1 saturated heterocycles. The molecule has 25 heavy (non-hydrogen) atoms. The van der Waals surface area contributed by atoms with Gasteiger partial charge >= 0.3 is 17.8 Å². The van der Waals surface area contributed by atoms with Gasteiger partial charge in [-0.1, -0.05) is 18.2 Å².